The maximum atomic E-state index is 3.64. The zero-order chi connectivity index (χ0) is 4.20. The molecule has 1 heteroatoms. The monoisotopic (exact) mass is 146 g/mol. The third-order valence-corrected chi connectivity index (χ3v) is 3.43. The summed E-state index contributed by atoms with van der Waals surface area (Å²) in [6.07, 6.45) is 4.40. The Bertz CT molecular complexity index is 85.9. The molecule has 0 aromatic rings. The van der Waals surface area contributed by atoms with Crippen molar-refractivity contribution in [2.75, 3.05) is 0 Å². The number of fused-ring (bicyclic) bond motifs is 1. The summed E-state index contributed by atoms with van der Waals surface area (Å²) in [7, 11) is 0. The molecule has 2 unspecified atom stereocenters. The highest BCUT2D eigenvalue weighted by atomic mass is 79.9. The zero-order valence-electron chi connectivity index (χ0n) is 3.58. The summed E-state index contributed by atoms with van der Waals surface area (Å²) in [6.45, 7) is 0. The molecule has 6 heavy (non-hydrogen) atoms. The first-order chi connectivity index (χ1) is 2.81. The van der Waals surface area contributed by atoms with Crippen molar-refractivity contribution < 1.29 is 0 Å². The molecule has 0 heterocycles. The minimum absolute atomic E-state index is 0.701. The van der Waals surface area contributed by atoms with E-state index in [4.69, 9.17) is 0 Å². The van der Waals surface area contributed by atoms with Crippen LogP contribution in [0.5, 0.6) is 0 Å². The van der Waals surface area contributed by atoms with Crippen LogP contribution in [-0.4, -0.2) is 4.32 Å². The van der Waals surface area contributed by atoms with E-state index in [0.29, 0.717) is 4.32 Å². The van der Waals surface area contributed by atoms with Crippen LogP contribution in [0, 0.1) is 5.92 Å². The second-order valence-corrected chi connectivity index (χ2v) is 4.05. The van der Waals surface area contributed by atoms with Crippen LogP contribution in [0.1, 0.15) is 19.3 Å². The Morgan fingerprint density at radius 3 is 2.33 bits per heavy atom. The van der Waals surface area contributed by atoms with Crippen molar-refractivity contribution in [3.05, 3.63) is 0 Å². The van der Waals surface area contributed by atoms with Crippen molar-refractivity contribution in [3.8, 4) is 0 Å². The summed E-state index contributed by atoms with van der Waals surface area (Å²) < 4.78 is 0.701. The first-order valence-electron chi connectivity index (χ1n) is 2.50. The van der Waals surface area contributed by atoms with E-state index in [-0.39, 0.29) is 0 Å². The highest BCUT2D eigenvalue weighted by Crippen LogP contribution is 2.65. The first-order valence-corrected chi connectivity index (χ1v) is 3.29. The molecule has 0 nitrogen and oxygen atoms in total. The van der Waals surface area contributed by atoms with Crippen LogP contribution in [0.4, 0.5) is 0 Å². The highest BCUT2D eigenvalue weighted by molar-refractivity contribution is 9.10. The van der Waals surface area contributed by atoms with Crippen molar-refractivity contribution >= 4 is 15.9 Å². The van der Waals surface area contributed by atoms with Crippen LogP contribution in [0.15, 0.2) is 0 Å². The van der Waals surface area contributed by atoms with Crippen molar-refractivity contribution in [1.29, 1.82) is 0 Å². The van der Waals surface area contributed by atoms with Crippen LogP contribution in [0.2, 0.25) is 0 Å². The molecule has 2 aliphatic rings. The quantitative estimate of drug-likeness (QED) is 0.459. The zero-order valence-corrected chi connectivity index (χ0v) is 5.16. The van der Waals surface area contributed by atoms with Crippen molar-refractivity contribution in [1.82, 2.24) is 0 Å². The van der Waals surface area contributed by atoms with Gasteiger partial charge in [0.1, 0.15) is 0 Å². The van der Waals surface area contributed by atoms with Gasteiger partial charge in [0.05, 0.1) is 0 Å². The van der Waals surface area contributed by atoms with Gasteiger partial charge in [-0.1, -0.05) is 15.9 Å². The number of rotatable bonds is 0. The van der Waals surface area contributed by atoms with Gasteiger partial charge in [-0.05, 0) is 25.2 Å². The van der Waals surface area contributed by atoms with Crippen LogP contribution < -0.4 is 0 Å². The van der Waals surface area contributed by atoms with Gasteiger partial charge in [0, 0.05) is 4.32 Å². The normalized spacial score (nSPS) is 62.5. The molecule has 2 saturated carbocycles. The summed E-state index contributed by atoms with van der Waals surface area (Å²) in [6, 6.07) is 0. The Balaban J connectivity index is 2.22. The van der Waals surface area contributed by atoms with Crippen LogP contribution >= 0.6 is 15.9 Å². The van der Waals surface area contributed by atoms with E-state index < -0.39 is 0 Å². The van der Waals surface area contributed by atoms with Crippen LogP contribution in [0.25, 0.3) is 0 Å². The van der Waals surface area contributed by atoms with E-state index in [1.807, 2.05) is 0 Å². The summed E-state index contributed by atoms with van der Waals surface area (Å²) in [5.41, 5.74) is 0. The fourth-order valence-corrected chi connectivity index (χ4v) is 2.07. The largest absolute Gasteiger partial charge is 0.0850 e. The lowest BCUT2D eigenvalue weighted by molar-refractivity contribution is 0.511. The topological polar surface area (TPSA) is 0 Å². The lowest BCUT2D eigenvalue weighted by Crippen LogP contribution is -2.11. The van der Waals surface area contributed by atoms with Crippen molar-refractivity contribution in [2.24, 2.45) is 5.92 Å². The third kappa shape index (κ3) is 0.226. The molecule has 0 saturated heterocycles. The van der Waals surface area contributed by atoms with Gasteiger partial charge < -0.3 is 0 Å². The first kappa shape index (κ1) is 3.48. The molecule has 0 amide bonds. The molecule has 0 aliphatic heterocycles. The van der Waals surface area contributed by atoms with Gasteiger partial charge in [0.15, 0.2) is 0 Å². The molecule has 2 atom stereocenters. The Hall–Kier alpha value is 0.480. The summed E-state index contributed by atoms with van der Waals surface area (Å²) in [4.78, 5) is 0. The highest BCUT2D eigenvalue weighted by Gasteiger charge is 2.59. The van der Waals surface area contributed by atoms with E-state index in [2.05, 4.69) is 15.9 Å². The Labute approximate surface area is 46.1 Å². The lowest BCUT2D eigenvalue weighted by atomic mass is 10.0. The maximum absolute atomic E-state index is 3.64. The van der Waals surface area contributed by atoms with Crippen molar-refractivity contribution in [2.45, 2.75) is 23.6 Å². The van der Waals surface area contributed by atoms with E-state index in [0.717, 1.165) is 5.92 Å². The summed E-state index contributed by atoms with van der Waals surface area (Å²) in [5.74, 6) is 1.09. The lowest BCUT2D eigenvalue weighted by Gasteiger charge is -2.16. The standard InChI is InChI=1S/C5H7Br/c6-5-2-1-4(5)3-5/h4H,1-3H2. The summed E-state index contributed by atoms with van der Waals surface area (Å²) >= 11 is 3.64. The second-order valence-electron chi connectivity index (χ2n) is 2.47. The predicted molar refractivity (Wildman–Crippen MR) is 29.0 cm³/mol. The fourth-order valence-electron chi connectivity index (χ4n) is 1.22. The number of halogens is 1. The van der Waals surface area contributed by atoms with E-state index in [1.165, 1.54) is 19.3 Å². The fraction of sp³-hybridized carbons (Fsp3) is 1.00. The van der Waals surface area contributed by atoms with Gasteiger partial charge >= 0.3 is 0 Å². The van der Waals surface area contributed by atoms with Crippen LogP contribution in [0.3, 0.4) is 0 Å². The molecule has 0 radical (unpaired) electrons. The molecule has 0 aromatic carbocycles. The predicted octanol–water partition coefficient (Wildman–Crippen LogP) is 1.93. The average molecular weight is 147 g/mol. The Morgan fingerprint density at radius 2 is 2.33 bits per heavy atom. The summed E-state index contributed by atoms with van der Waals surface area (Å²) in [5, 5.41) is 0. The van der Waals surface area contributed by atoms with E-state index in [1.54, 1.807) is 0 Å². The van der Waals surface area contributed by atoms with Gasteiger partial charge in [-0.2, -0.15) is 0 Å². The molecule has 0 N–H and O–H groups in total. The number of alkyl halides is 1. The smallest absolute Gasteiger partial charge is 0.0289 e. The third-order valence-electron chi connectivity index (χ3n) is 2.07. The molecule has 2 fully saturated rings. The molecular formula is C5H7Br. The van der Waals surface area contributed by atoms with Gasteiger partial charge in [-0.25, -0.2) is 0 Å². The van der Waals surface area contributed by atoms with E-state index >= 15 is 0 Å². The average Bonchev–Trinajstić information content (AvgIpc) is 1.88. The number of hydrogen-bond donors (Lipinski definition) is 0. The minimum Gasteiger partial charge on any atom is -0.0850 e. The molecular weight excluding hydrogens is 140 g/mol. The Kier molecular flexibility index (Phi) is 0.409. The molecule has 2 aliphatic carbocycles. The maximum Gasteiger partial charge on any atom is 0.0289 e. The number of hydrogen-bond acceptors (Lipinski definition) is 0. The van der Waals surface area contributed by atoms with Crippen molar-refractivity contribution in [3.63, 3.8) is 0 Å². The molecule has 2 rings (SSSR count). The van der Waals surface area contributed by atoms with Gasteiger partial charge in [-0.15, -0.1) is 0 Å². The molecule has 0 bridgehead atoms. The van der Waals surface area contributed by atoms with Gasteiger partial charge in [0.2, 0.25) is 0 Å². The molecule has 34 valence electrons. The Morgan fingerprint density at radius 1 is 1.67 bits per heavy atom. The van der Waals surface area contributed by atoms with Gasteiger partial charge in [0.25, 0.3) is 0 Å². The SMILES string of the molecule is BrC12CCC1C2. The minimum atomic E-state index is 0.701. The van der Waals surface area contributed by atoms with Gasteiger partial charge in [-0.3, -0.25) is 0 Å². The molecule has 0 aromatic heterocycles. The van der Waals surface area contributed by atoms with E-state index in [9.17, 15) is 0 Å². The second kappa shape index (κ2) is 0.706. The van der Waals surface area contributed by atoms with Crippen LogP contribution in [-0.2, 0) is 0 Å². The molecule has 0 spiro atoms.